The topological polar surface area (TPSA) is 41.6 Å². The first-order valence-corrected chi connectivity index (χ1v) is 8.09. The average molecular weight is 308 g/mol. The molecule has 1 atom stereocenters. The van der Waals surface area contributed by atoms with Crippen LogP contribution in [0, 0.1) is 0 Å². The van der Waals surface area contributed by atoms with Gasteiger partial charge in [-0.15, -0.1) is 0 Å². The highest BCUT2D eigenvalue weighted by Crippen LogP contribution is 2.24. The molecule has 0 bridgehead atoms. The summed E-state index contributed by atoms with van der Waals surface area (Å²) in [5.41, 5.74) is 4.44. The molecule has 0 aliphatic carbocycles. The number of hydrogen-bond acceptors (Lipinski definition) is 3. The van der Waals surface area contributed by atoms with Gasteiger partial charge in [-0.1, -0.05) is 36.4 Å². The predicted molar refractivity (Wildman–Crippen MR) is 88.0 cm³/mol. The molecule has 1 N–H and O–H groups in total. The first kappa shape index (κ1) is 14.4. The van der Waals surface area contributed by atoms with E-state index in [2.05, 4.69) is 23.5 Å². The summed E-state index contributed by atoms with van der Waals surface area (Å²) in [6.45, 7) is 3.59. The fourth-order valence-electron chi connectivity index (χ4n) is 3.31. The number of nitrogens with one attached hydrogen (secondary N) is 1. The van der Waals surface area contributed by atoms with E-state index in [-0.39, 0.29) is 12.0 Å². The molecule has 1 amide bonds. The Morgan fingerprint density at radius 3 is 2.78 bits per heavy atom. The van der Waals surface area contributed by atoms with Crippen molar-refractivity contribution in [1.29, 1.82) is 0 Å². The fourth-order valence-corrected chi connectivity index (χ4v) is 3.31. The molecule has 1 fully saturated rings. The molecule has 4 heteroatoms. The monoisotopic (exact) mass is 308 g/mol. The SMILES string of the molecule is O=C(c1ccc2c(c1)CNC2)N1CCOC(c2ccccc2)C1. The van der Waals surface area contributed by atoms with E-state index in [4.69, 9.17) is 4.74 Å². The van der Waals surface area contributed by atoms with Gasteiger partial charge in [0.15, 0.2) is 0 Å². The Morgan fingerprint density at radius 2 is 1.91 bits per heavy atom. The van der Waals surface area contributed by atoms with Crippen LogP contribution in [-0.2, 0) is 17.8 Å². The van der Waals surface area contributed by atoms with Crippen LogP contribution in [0.3, 0.4) is 0 Å². The number of fused-ring (bicyclic) bond motifs is 1. The highest BCUT2D eigenvalue weighted by Gasteiger charge is 2.26. The highest BCUT2D eigenvalue weighted by molar-refractivity contribution is 5.94. The summed E-state index contributed by atoms with van der Waals surface area (Å²) < 4.78 is 5.85. The summed E-state index contributed by atoms with van der Waals surface area (Å²) in [6.07, 6.45) is -0.0370. The first-order valence-electron chi connectivity index (χ1n) is 8.09. The largest absolute Gasteiger partial charge is 0.370 e. The second kappa shape index (κ2) is 6.14. The quantitative estimate of drug-likeness (QED) is 0.927. The van der Waals surface area contributed by atoms with Gasteiger partial charge in [-0.3, -0.25) is 4.79 Å². The normalized spacial score (nSPS) is 20.3. The lowest BCUT2D eigenvalue weighted by atomic mass is 10.0. The van der Waals surface area contributed by atoms with Gasteiger partial charge in [0.25, 0.3) is 5.91 Å². The minimum absolute atomic E-state index is 0.0370. The molecule has 1 saturated heterocycles. The van der Waals surface area contributed by atoms with Crippen molar-refractivity contribution in [2.24, 2.45) is 0 Å². The minimum Gasteiger partial charge on any atom is -0.370 e. The van der Waals surface area contributed by atoms with Crippen LogP contribution in [0.25, 0.3) is 0 Å². The second-order valence-corrected chi connectivity index (χ2v) is 6.11. The van der Waals surface area contributed by atoms with E-state index in [1.165, 1.54) is 11.1 Å². The molecule has 4 nitrogen and oxygen atoms in total. The van der Waals surface area contributed by atoms with E-state index in [1.807, 2.05) is 35.2 Å². The first-order chi connectivity index (χ1) is 11.3. The predicted octanol–water partition coefficient (Wildman–Crippen LogP) is 2.50. The maximum Gasteiger partial charge on any atom is 0.254 e. The number of hydrogen-bond donors (Lipinski definition) is 1. The Balaban J connectivity index is 1.52. The Hall–Kier alpha value is -2.17. The molecule has 2 heterocycles. The van der Waals surface area contributed by atoms with Crippen LogP contribution in [0.5, 0.6) is 0 Å². The summed E-state index contributed by atoms with van der Waals surface area (Å²) in [4.78, 5) is 14.7. The lowest BCUT2D eigenvalue weighted by Gasteiger charge is -2.33. The van der Waals surface area contributed by atoms with Crippen LogP contribution in [0.2, 0.25) is 0 Å². The molecule has 4 rings (SSSR count). The smallest absolute Gasteiger partial charge is 0.254 e. The highest BCUT2D eigenvalue weighted by atomic mass is 16.5. The molecule has 2 aromatic rings. The Labute approximate surface area is 136 Å². The fraction of sp³-hybridized carbons (Fsp3) is 0.316. The molecule has 0 saturated carbocycles. The van der Waals surface area contributed by atoms with Gasteiger partial charge in [0.1, 0.15) is 6.10 Å². The zero-order chi connectivity index (χ0) is 15.6. The van der Waals surface area contributed by atoms with Crippen LogP contribution in [0.1, 0.15) is 33.2 Å². The summed E-state index contributed by atoms with van der Waals surface area (Å²) in [5, 5.41) is 3.32. The molecule has 0 spiro atoms. The van der Waals surface area contributed by atoms with Crippen molar-refractivity contribution in [1.82, 2.24) is 10.2 Å². The summed E-state index contributed by atoms with van der Waals surface area (Å²) >= 11 is 0. The lowest BCUT2D eigenvalue weighted by molar-refractivity contribution is -0.0228. The molecule has 2 aromatic carbocycles. The number of morpholine rings is 1. The third-order valence-corrected chi connectivity index (χ3v) is 4.61. The van der Waals surface area contributed by atoms with E-state index in [9.17, 15) is 4.79 Å². The standard InChI is InChI=1S/C19H20N2O2/c22-19(15-6-7-16-11-20-12-17(16)10-15)21-8-9-23-18(13-21)14-4-2-1-3-5-14/h1-7,10,18,20H,8-9,11-13H2. The average Bonchev–Trinajstić information content (AvgIpc) is 3.09. The van der Waals surface area contributed by atoms with Crippen molar-refractivity contribution >= 4 is 5.91 Å². The third-order valence-electron chi connectivity index (χ3n) is 4.61. The molecule has 1 unspecified atom stereocenters. The Morgan fingerprint density at radius 1 is 1.09 bits per heavy atom. The van der Waals surface area contributed by atoms with E-state index >= 15 is 0 Å². The van der Waals surface area contributed by atoms with Crippen molar-refractivity contribution in [3.63, 3.8) is 0 Å². The van der Waals surface area contributed by atoms with Crippen LogP contribution in [0.4, 0.5) is 0 Å². The van der Waals surface area contributed by atoms with Gasteiger partial charge < -0.3 is 15.0 Å². The zero-order valence-electron chi connectivity index (χ0n) is 13.0. The van der Waals surface area contributed by atoms with Gasteiger partial charge >= 0.3 is 0 Å². The van der Waals surface area contributed by atoms with Gasteiger partial charge in [0.05, 0.1) is 13.2 Å². The Bertz CT molecular complexity index is 715. The van der Waals surface area contributed by atoms with Gasteiger partial charge in [-0.25, -0.2) is 0 Å². The van der Waals surface area contributed by atoms with Crippen LogP contribution in [-0.4, -0.2) is 30.5 Å². The van der Waals surface area contributed by atoms with Crippen molar-refractivity contribution in [3.8, 4) is 0 Å². The summed E-state index contributed by atoms with van der Waals surface area (Å²) in [6, 6.07) is 16.2. The van der Waals surface area contributed by atoms with Gasteiger partial charge in [-0.2, -0.15) is 0 Å². The number of carbonyl (C=O) groups excluding carboxylic acids is 1. The Kier molecular flexibility index (Phi) is 3.85. The number of carbonyl (C=O) groups is 1. The molecule has 2 aliphatic rings. The van der Waals surface area contributed by atoms with E-state index in [0.717, 1.165) is 24.2 Å². The van der Waals surface area contributed by atoms with Gasteiger partial charge in [-0.05, 0) is 28.8 Å². The summed E-state index contributed by atoms with van der Waals surface area (Å²) in [7, 11) is 0. The molecule has 118 valence electrons. The van der Waals surface area contributed by atoms with Crippen molar-refractivity contribution < 1.29 is 9.53 Å². The second-order valence-electron chi connectivity index (χ2n) is 6.11. The molecule has 0 aromatic heterocycles. The molecular weight excluding hydrogens is 288 g/mol. The van der Waals surface area contributed by atoms with Crippen molar-refractivity contribution in [2.75, 3.05) is 19.7 Å². The molecule has 23 heavy (non-hydrogen) atoms. The molecule has 0 radical (unpaired) electrons. The maximum absolute atomic E-state index is 12.8. The van der Waals surface area contributed by atoms with Gasteiger partial charge in [0, 0.05) is 25.2 Å². The van der Waals surface area contributed by atoms with Crippen molar-refractivity contribution in [3.05, 3.63) is 70.8 Å². The van der Waals surface area contributed by atoms with Crippen LogP contribution in [0.15, 0.2) is 48.5 Å². The van der Waals surface area contributed by atoms with E-state index in [0.29, 0.717) is 19.7 Å². The molecular formula is C19H20N2O2. The molecule has 2 aliphatic heterocycles. The van der Waals surface area contributed by atoms with Crippen LogP contribution < -0.4 is 5.32 Å². The van der Waals surface area contributed by atoms with Crippen LogP contribution >= 0.6 is 0 Å². The van der Waals surface area contributed by atoms with Gasteiger partial charge in [0.2, 0.25) is 0 Å². The number of amides is 1. The third kappa shape index (κ3) is 2.87. The number of benzene rings is 2. The summed E-state index contributed by atoms with van der Waals surface area (Å²) in [5.74, 6) is 0.101. The van der Waals surface area contributed by atoms with Crippen molar-refractivity contribution in [2.45, 2.75) is 19.2 Å². The lowest BCUT2D eigenvalue weighted by Crippen LogP contribution is -2.42. The van der Waals surface area contributed by atoms with E-state index in [1.54, 1.807) is 0 Å². The maximum atomic E-state index is 12.8. The zero-order valence-corrected chi connectivity index (χ0v) is 13.0. The van der Waals surface area contributed by atoms with E-state index < -0.39 is 0 Å². The number of rotatable bonds is 2. The number of nitrogens with zero attached hydrogens (tertiary/aromatic N) is 1. The number of ether oxygens (including phenoxy) is 1. The minimum atomic E-state index is -0.0370.